The molecule has 3 aromatic carbocycles. The number of aliphatic imine (C=N–C) groups is 1. The Balaban J connectivity index is 1.51. The van der Waals surface area contributed by atoms with Gasteiger partial charge in [0.1, 0.15) is 16.8 Å². The Bertz CT molecular complexity index is 1330. The number of carbonyl (C=O) groups is 3. The SMILES string of the molecule is COC(=O)c1ccc(NC(=O)C2CC(=O)N(CCc3ccc(OC)cc3)C(=Nc3ccc(F)cc3)S2)cc1. The molecule has 0 bridgehead atoms. The van der Waals surface area contributed by atoms with Crippen LogP contribution in [0.5, 0.6) is 5.75 Å². The lowest BCUT2D eigenvalue weighted by molar-refractivity contribution is -0.129. The van der Waals surface area contributed by atoms with Crippen LogP contribution in [0, 0.1) is 5.82 Å². The Kier molecular flexibility index (Phi) is 8.75. The van der Waals surface area contributed by atoms with E-state index in [2.05, 4.69) is 15.0 Å². The fraction of sp³-hybridized carbons (Fsp3) is 0.214. The van der Waals surface area contributed by atoms with Crippen LogP contribution in [0.25, 0.3) is 0 Å². The number of carbonyl (C=O) groups excluding carboxylic acids is 3. The molecule has 1 aliphatic heterocycles. The van der Waals surface area contributed by atoms with Crippen molar-refractivity contribution in [3.05, 3.63) is 89.7 Å². The molecule has 0 saturated carbocycles. The molecular formula is C28H26FN3O5S. The van der Waals surface area contributed by atoms with Crippen molar-refractivity contribution in [2.45, 2.75) is 18.1 Å². The highest BCUT2D eigenvalue weighted by Crippen LogP contribution is 2.30. The van der Waals surface area contributed by atoms with Gasteiger partial charge in [-0.2, -0.15) is 0 Å². The second kappa shape index (κ2) is 12.4. The summed E-state index contributed by atoms with van der Waals surface area (Å²) in [5.74, 6) is -0.735. The van der Waals surface area contributed by atoms with E-state index in [1.165, 1.54) is 43.1 Å². The van der Waals surface area contributed by atoms with E-state index in [0.717, 1.165) is 11.3 Å². The monoisotopic (exact) mass is 535 g/mol. The van der Waals surface area contributed by atoms with Crippen LogP contribution in [0.1, 0.15) is 22.3 Å². The Morgan fingerprint density at radius 1 is 1.03 bits per heavy atom. The lowest BCUT2D eigenvalue weighted by Gasteiger charge is -2.32. The maximum atomic E-state index is 13.4. The normalized spacial score (nSPS) is 16.3. The molecule has 1 aliphatic rings. The van der Waals surface area contributed by atoms with Gasteiger partial charge in [0.25, 0.3) is 0 Å². The fourth-order valence-corrected chi connectivity index (χ4v) is 4.88. The van der Waals surface area contributed by atoms with E-state index in [-0.39, 0.29) is 18.2 Å². The van der Waals surface area contributed by atoms with Gasteiger partial charge in [0.15, 0.2) is 5.17 Å². The summed E-state index contributed by atoms with van der Waals surface area (Å²) in [5.41, 5.74) is 2.32. The van der Waals surface area contributed by atoms with Crippen LogP contribution in [0.15, 0.2) is 77.8 Å². The fourth-order valence-electron chi connectivity index (χ4n) is 3.75. The van der Waals surface area contributed by atoms with Gasteiger partial charge in [-0.15, -0.1) is 0 Å². The molecule has 0 spiro atoms. The molecule has 1 atom stereocenters. The second-order valence-electron chi connectivity index (χ2n) is 8.38. The van der Waals surface area contributed by atoms with Crippen molar-refractivity contribution in [2.75, 3.05) is 26.1 Å². The topological polar surface area (TPSA) is 97.3 Å². The van der Waals surface area contributed by atoms with E-state index in [1.807, 2.05) is 24.3 Å². The third-order valence-electron chi connectivity index (χ3n) is 5.84. The first-order valence-corrected chi connectivity index (χ1v) is 12.7. The summed E-state index contributed by atoms with van der Waals surface area (Å²) in [7, 11) is 2.89. The summed E-state index contributed by atoms with van der Waals surface area (Å²) in [5, 5.41) is 2.43. The molecule has 3 aromatic rings. The van der Waals surface area contributed by atoms with Crippen LogP contribution in [-0.4, -0.2) is 53.9 Å². The maximum Gasteiger partial charge on any atom is 0.337 e. The lowest BCUT2D eigenvalue weighted by Crippen LogP contribution is -2.46. The molecule has 1 heterocycles. The highest BCUT2D eigenvalue weighted by Gasteiger charge is 2.35. The third-order valence-corrected chi connectivity index (χ3v) is 7.03. The minimum Gasteiger partial charge on any atom is -0.497 e. The summed E-state index contributed by atoms with van der Waals surface area (Å²) in [6.07, 6.45) is 0.559. The van der Waals surface area contributed by atoms with Gasteiger partial charge < -0.3 is 14.8 Å². The molecule has 38 heavy (non-hydrogen) atoms. The van der Waals surface area contributed by atoms with Gasteiger partial charge >= 0.3 is 5.97 Å². The first kappa shape index (κ1) is 26.9. The molecule has 10 heteroatoms. The highest BCUT2D eigenvalue weighted by atomic mass is 32.2. The number of esters is 1. The van der Waals surface area contributed by atoms with Crippen molar-refractivity contribution in [3.63, 3.8) is 0 Å². The summed E-state index contributed by atoms with van der Waals surface area (Å²) in [4.78, 5) is 44.1. The summed E-state index contributed by atoms with van der Waals surface area (Å²) >= 11 is 1.18. The van der Waals surface area contributed by atoms with Gasteiger partial charge in [-0.3, -0.25) is 14.5 Å². The molecule has 196 valence electrons. The Morgan fingerprint density at radius 3 is 2.34 bits per heavy atom. The summed E-state index contributed by atoms with van der Waals surface area (Å²) in [6, 6.07) is 19.5. The number of hydrogen-bond acceptors (Lipinski definition) is 7. The largest absolute Gasteiger partial charge is 0.497 e. The number of halogens is 1. The average Bonchev–Trinajstić information content (AvgIpc) is 2.94. The summed E-state index contributed by atoms with van der Waals surface area (Å²) < 4.78 is 23.3. The molecule has 0 aromatic heterocycles. The molecule has 1 saturated heterocycles. The minimum absolute atomic E-state index is 0.0121. The van der Waals surface area contributed by atoms with E-state index >= 15 is 0 Å². The van der Waals surface area contributed by atoms with Crippen molar-refractivity contribution in [1.82, 2.24) is 4.90 Å². The van der Waals surface area contributed by atoms with Gasteiger partial charge in [-0.05, 0) is 72.6 Å². The van der Waals surface area contributed by atoms with E-state index in [0.29, 0.717) is 35.1 Å². The molecule has 1 N–H and O–H groups in total. The smallest absolute Gasteiger partial charge is 0.337 e. The first-order chi connectivity index (χ1) is 18.4. The predicted octanol–water partition coefficient (Wildman–Crippen LogP) is 4.82. The van der Waals surface area contributed by atoms with Gasteiger partial charge in [-0.1, -0.05) is 23.9 Å². The maximum absolute atomic E-state index is 13.4. The van der Waals surface area contributed by atoms with Crippen LogP contribution in [0.3, 0.4) is 0 Å². The molecule has 2 amide bonds. The number of nitrogens with one attached hydrogen (secondary N) is 1. The second-order valence-corrected chi connectivity index (χ2v) is 9.55. The number of methoxy groups -OCH3 is 2. The standard InChI is InChI=1S/C28H26FN3O5S/c1-36-23-13-3-18(4-14-23)15-16-32-25(33)17-24(38-28(32)31-22-11-7-20(29)8-12-22)26(34)30-21-9-5-19(6-10-21)27(35)37-2/h3-14,24H,15-17H2,1-2H3,(H,30,34). The van der Waals surface area contributed by atoms with Gasteiger partial charge in [0, 0.05) is 18.7 Å². The zero-order valence-electron chi connectivity index (χ0n) is 20.8. The Labute approximate surface area is 223 Å². The van der Waals surface area contributed by atoms with Crippen molar-refractivity contribution in [2.24, 2.45) is 4.99 Å². The van der Waals surface area contributed by atoms with E-state index in [4.69, 9.17) is 4.74 Å². The highest BCUT2D eigenvalue weighted by molar-refractivity contribution is 8.15. The number of ether oxygens (including phenoxy) is 2. The van der Waals surface area contributed by atoms with Crippen LogP contribution < -0.4 is 10.1 Å². The molecule has 1 unspecified atom stereocenters. The van der Waals surface area contributed by atoms with E-state index in [9.17, 15) is 18.8 Å². The summed E-state index contributed by atoms with van der Waals surface area (Å²) in [6.45, 7) is 0.363. The quantitative estimate of drug-likeness (QED) is 0.415. The average molecular weight is 536 g/mol. The van der Waals surface area contributed by atoms with Crippen LogP contribution >= 0.6 is 11.8 Å². The number of benzene rings is 3. The van der Waals surface area contributed by atoms with Crippen molar-refractivity contribution in [1.29, 1.82) is 0 Å². The molecular weight excluding hydrogens is 509 g/mol. The van der Waals surface area contributed by atoms with Crippen molar-refractivity contribution < 1.29 is 28.2 Å². The molecule has 1 fully saturated rings. The van der Waals surface area contributed by atoms with E-state index < -0.39 is 17.0 Å². The van der Waals surface area contributed by atoms with Gasteiger partial charge in [0.05, 0.1) is 25.5 Å². The van der Waals surface area contributed by atoms with Crippen LogP contribution in [0.2, 0.25) is 0 Å². The van der Waals surface area contributed by atoms with E-state index in [1.54, 1.807) is 36.3 Å². The number of amidine groups is 1. The number of rotatable bonds is 8. The zero-order chi connectivity index (χ0) is 27.1. The van der Waals surface area contributed by atoms with Crippen molar-refractivity contribution in [3.8, 4) is 5.75 Å². The van der Waals surface area contributed by atoms with Crippen molar-refractivity contribution >= 4 is 46.1 Å². The minimum atomic E-state index is -0.723. The Hall–Kier alpha value is -4.18. The molecule has 0 aliphatic carbocycles. The molecule has 8 nitrogen and oxygen atoms in total. The third kappa shape index (κ3) is 6.77. The Morgan fingerprint density at radius 2 is 1.71 bits per heavy atom. The lowest BCUT2D eigenvalue weighted by atomic mass is 10.1. The number of hydrogen-bond donors (Lipinski definition) is 1. The van der Waals surface area contributed by atoms with Gasteiger partial charge in [0.2, 0.25) is 11.8 Å². The van der Waals surface area contributed by atoms with Gasteiger partial charge in [-0.25, -0.2) is 14.2 Å². The molecule has 4 rings (SSSR count). The number of anilines is 1. The predicted molar refractivity (Wildman–Crippen MR) is 144 cm³/mol. The number of amides is 2. The molecule has 0 radical (unpaired) electrons. The zero-order valence-corrected chi connectivity index (χ0v) is 21.7. The number of nitrogens with zero attached hydrogens (tertiary/aromatic N) is 2. The van der Waals surface area contributed by atoms with Crippen LogP contribution in [-0.2, 0) is 20.7 Å². The first-order valence-electron chi connectivity index (χ1n) is 11.8. The number of thioether (sulfide) groups is 1. The van der Waals surface area contributed by atoms with Crippen LogP contribution in [0.4, 0.5) is 15.8 Å².